The summed E-state index contributed by atoms with van der Waals surface area (Å²) in [4.78, 5) is 29.9. The van der Waals surface area contributed by atoms with Gasteiger partial charge in [-0.3, -0.25) is 0 Å². The number of hydrogen-bond donors (Lipinski definition) is 1. The summed E-state index contributed by atoms with van der Waals surface area (Å²) in [6, 6.07) is 0. The monoisotopic (exact) mass is 392 g/mol. The summed E-state index contributed by atoms with van der Waals surface area (Å²) >= 11 is 0. The Morgan fingerprint density at radius 1 is 0.963 bits per heavy atom. The van der Waals surface area contributed by atoms with Gasteiger partial charge in [0, 0.05) is 32.2 Å². The second kappa shape index (κ2) is 12.7. The third-order valence-electron chi connectivity index (χ3n) is 3.49. The SMILES string of the molecule is COCCCN(CCC(C)(C)COC(=O)OCCON)C(=O)OC(C)(C)C. The minimum Gasteiger partial charge on any atom is -0.444 e. The molecule has 0 aromatic heterocycles. The Kier molecular flexibility index (Phi) is 12.0. The lowest BCUT2D eigenvalue weighted by atomic mass is 9.90. The van der Waals surface area contributed by atoms with Crippen molar-refractivity contribution in [3.05, 3.63) is 0 Å². The van der Waals surface area contributed by atoms with Crippen molar-refractivity contribution < 1.29 is 33.4 Å². The fraction of sp³-hybridized carbons (Fsp3) is 0.889. The van der Waals surface area contributed by atoms with Crippen molar-refractivity contribution in [2.24, 2.45) is 11.3 Å². The summed E-state index contributed by atoms with van der Waals surface area (Å²) in [5, 5.41) is 0. The highest BCUT2D eigenvalue weighted by Gasteiger charge is 2.26. The lowest BCUT2D eigenvalue weighted by Crippen LogP contribution is -2.40. The first kappa shape index (κ1) is 25.4. The van der Waals surface area contributed by atoms with Crippen LogP contribution in [0.25, 0.3) is 0 Å². The number of nitrogens with two attached hydrogens (primary N) is 1. The van der Waals surface area contributed by atoms with Crippen molar-refractivity contribution >= 4 is 12.2 Å². The first-order valence-corrected chi connectivity index (χ1v) is 9.09. The zero-order valence-corrected chi connectivity index (χ0v) is 17.5. The maximum atomic E-state index is 12.4. The van der Waals surface area contributed by atoms with Gasteiger partial charge in [-0.25, -0.2) is 15.5 Å². The Balaban J connectivity index is 4.53. The molecule has 0 unspecified atom stereocenters. The maximum Gasteiger partial charge on any atom is 0.508 e. The molecular weight excluding hydrogens is 356 g/mol. The van der Waals surface area contributed by atoms with E-state index in [2.05, 4.69) is 4.84 Å². The van der Waals surface area contributed by atoms with Gasteiger partial charge in [-0.05, 0) is 33.6 Å². The molecule has 2 N–H and O–H groups in total. The molecule has 160 valence electrons. The summed E-state index contributed by atoms with van der Waals surface area (Å²) in [7, 11) is 1.62. The van der Waals surface area contributed by atoms with Crippen LogP contribution in [-0.2, 0) is 23.8 Å². The number of carbonyl (C=O) groups excluding carboxylic acids is 2. The summed E-state index contributed by atoms with van der Waals surface area (Å²) in [5.74, 6) is 4.85. The Morgan fingerprint density at radius 3 is 2.19 bits per heavy atom. The smallest absolute Gasteiger partial charge is 0.444 e. The summed E-state index contributed by atoms with van der Waals surface area (Å²) in [5.41, 5.74) is -0.906. The average Bonchev–Trinajstić information content (AvgIpc) is 2.55. The van der Waals surface area contributed by atoms with E-state index in [-0.39, 0.29) is 31.3 Å². The van der Waals surface area contributed by atoms with Crippen LogP contribution in [0, 0.1) is 5.41 Å². The highest BCUT2D eigenvalue weighted by Crippen LogP contribution is 2.22. The average molecular weight is 392 g/mol. The van der Waals surface area contributed by atoms with Gasteiger partial charge in [0.2, 0.25) is 0 Å². The summed E-state index contributed by atoms with van der Waals surface area (Å²) in [6.45, 7) is 11.3. The summed E-state index contributed by atoms with van der Waals surface area (Å²) < 4.78 is 20.4. The van der Waals surface area contributed by atoms with E-state index in [1.807, 2.05) is 34.6 Å². The second-order valence-corrected chi connectivity index (χ2v) is 7.99. The highest BCUT2D eigenvalue weighted by molar-refractivity contribution is 5.68. The zero-order chi connectivity index (χ0) is 20.9. The molecule has 0 rings (SSSR count). The van der Waals surface area contributed by atoms with Crippen LogP contribution in [0.5, 0.6) is 0 Å². The molecule has 1 amide bonds. The number of nitrogens with zero attached hydrogens (tertiary/aromatic N) is 1. The molecule has 0 aromatic rings. The first-order chi connectivity index (χ1) is 12.5. The van der Waals surface area contributed by atoms with Crippen LogP contribution in [0.3, 0.4) is 0 Å². The van der Waals surface area contributed by atoms with Crippen LogP contribution in [0.4, 0.5) is 9.59 Å². The van der Waals surface area contributed by atoms with Crippen molar-refractivity contribution in [3.8, 4) is 0 Å². The van der Waals surface area contributed by atoms with Crippen molar-refractivity contribution in [3.63, 3.8) is 0 Å². The van der Waals surface area contributed by atoms with Crippen LogP contribution < -0.4 is 5.90 Å². The number of amides is 1. The van der Waals surface area contributed by atoms with Gasteiger partial charge in [-0.2, -0.15) is 0 Å². The predicted octanol–water partition coefficient (Wildman–Crippen LogP) is 2.72. The molecule has 0 aliphatic carbocycles. The number of rotatable bonds is 12. The van der Waals surface area contributed by atoms with Gasteiger partial charge in [0.15, 0.2) is 0 Å². The number of ether oxygens (including phenoxy) is 4. The normalized spacial score (nSPS) is 11.8. The first-order valence-electron chi connectivity index (χ1n) is 9.09. The van der Waals surface area contributed by atoms with Crippen molar-refractivity contribution in [2.45, 2.75) is 53.1 Å². The Hall–Kier alpha value is -1.58. The lowest BCUT2D eigenvalue weighted by molar-refractivity contribution is 0.00340. The van der Waals surface area contributed by atoms with Gasteiger partial charge in [0.25, 0.3) is 0 Å². The minimum absolute atomic E-state index is 0.0294. The van der Waals surface area contributed by atoms with Gasteiger partial charge in [-0.15, -0.1) is 0 Å². The summed E-state index contributed by atoms with van der Waals surface area (Å²) in [6.07, 6.45) is 0.196. The van der Waals surface area contributed by atoms with E-state index in [0.717, 1.165) is 0 Å². The standard InChI is InChI=1S/C18H36N2O7/c1-17(2,3)27-15(21)20(9-7-11-23-6)10-8-18(4,5)14-25-16(22)24-12-13-26-19/h7-14,19H2,1-6H3. The molecular formula is C18H36N2O7. The molecule has 0 aliphatic heterocycles. The van der Waals surface area contributed by atoms with E-state index in [4.69, 9.17) is 24.8 Å². The number of methoxy groups -OCH3 is 1. The molecule has 9 nitrogen and oxygen atoms in total. The van der Waals surface area contributed by atoms with Gasteiger partial charge in [-0.1, -0.05) is 13.8 Å². The zero-order valence-electron chi connectivity index (χ0n) is 17.5. The predicted molar refractivity (Wildman–Crippen MR) is 100 cm³/mol. The van der Waals surface area contributed by atoms with E-state index < -0.39 is 11.8 Å². The molecule has 0 atom stereocenters. The van der Waals surface area contributed by atoms with Gasteiger partial charge in [0.05, 0.1) is 0 Å². The molecule has 0 radical (unpaired) electrons. The molecule has 0 aromatic carbocycles. The van der Waals surface area contributed by atoms with Crippen molar-refractivity contribution in [1.82, 2.24) is 4.90 Å². The molecule has 9 heteroatoms. The molecule has 0 aliphatic rings. The third kappa shape index (κ3) is 14.2. The van der Waals surface area contributed by atoms with Gasteiger partial charge < -0.3 is 28.7 Å². The van der Waals surface area contributed by atoms with E-state index in [1.54, 1.807) is 12.0 Å². The van der Waals surface area contributed by atoms with E-state index in [0.29, 0.717) is 32.5 Å². The molecule has 0 saturated carbocycles. The highest BCUT2D eigenvalue weighted by atomic mass is 16.7. The number of carbonyl (C=O) groups is 2. The molecule has 0 fully saturated rings. The maximum absolute atomic E-state index is 12.4. The number of hydrogen-bond acceptors (Lipinski definition) is 8. The molecule has 0 spiro atoms. The van der Waals surface area contributed by atoms with E-state index in [9.17, 15) is 9.59 Å². The molecule has 27 heavy (non-hydrogen) atoms. The minimum atomic E-state index is -0.774. The lowest BCUT2D eigenvalue weighted by Gasteiger charge is -2.31. The van der Waals surface area contributed by atoms with Gasteiger partial charge >= 0.3 is 12.2 Å². The largest absolute Gasteiger partial charge is 0.508 e. The Labute approximate surface area is 162 Å². The van der Waals surface area contributed by atoms with E-state index >= 15 is 0 Å². The van der Waals surface area contributed by atoms with Crippen LogP contribution >= 0.6 is 0 Å². The fourth-order valence-electron chi connectivity index (χ4n) is 2.00. The van der Waals surface area contributed by atoms with Crippen LogP contribution in [-0.4, -0.2) is 69.4 Å². The quantitative estimate of drug-likeness (QED) is 0.307. The van der Waals surface area contributed by atoms with Crippen LogP contribution in [0.2, 0.25) is 0 Å². The topological polar surface area (TPSA) is 110 Å². The van der Waals surface area contributed by atoms with Crippen LogP contribution in [0.1, 0.15) is 47.5 Å². The third-order valence-corrected chi connectivity index (χ3v) is 3.49. The second-order valence-electron chi connectivity index (χ2n) is 7.99. The van der Waals surface area contributed by atoms with Crippen molar-refractivity contribution in [1.29, 1.82) is 0 Å². The van der Waals surface area contributed by atoms with Crippen LogP contribution in [0.15, 0.2) is 0 Å². The van der Waals surface area contributed by atoms with E-state index in [1.165, 1.54) is 0 Å². The molecule has 0 heterocycles. The fourth-order valence-corrected chi connectivity index (χ4v) is 2.00. The van der Waals surface area contributed by atoms with Gasteiger partial charge in [0.1, 0.15) is 25.4 Å². The Morgan fingerprint density at radius 2 is 1.63 bits per heavy atom. The molecule has 0 bridgehead atoms. The van der Waals surface area contributed by atoms with Crippen molar-refractivity contribution in [2.75, 3.05) is 46.6 Å². The molecule has 0 saturated heterocycles. The Bertz CT molecular complexity index is 436.